The van der Waals surface area contributed by atoms with Crippen LogP contribution in [0.4, 0.5) is 0 Å². The molecule has 0 radical (unpaired) electrons. The van der Waals surface area contributed by atoms with Gasteiger partial charge in [0.05, 0.1) is 6.61 Å². The van der Waals surface area contributed by atoms with Crippen molar-refractivity contribution >= 4 is 16.9 Å². The summed E-state index contributed by atoms with van der Waals surface area (Å²) >= 11 is 1.49. The summed E-state index contributed by atoms with van der Waals surface area (Å²) in [5, 5.41) is 12.5. The maximum Gasteiger partial charge on any atom is 0.162 e. The highest BCUT2D eigenvalue weighted by Gasteiger charge is 2.12. The first-order chi connectivity index (χ1) is 5.27. The maximum atomic E-state index is 8.76. The standard InChI is InChI=1S/C6H11N3OS/c1-11-6-8-2-4(3-10)5(7)9-6/h2,5,10H,3,7H2,1H3,(H,8,9). The van der Waals surface area contributed by atoms with Crippen molar-refractivity contribution in [3.05, 3.63) is 11.8 Å². The van der Waals surface area contributed by atoms with E-state index in [-0.39, 0.29) is 12.8 Å². The van der Waals surface area contributed by atoms with E-state index in [9.17, 15) is 0 Å². The lowest BCUT2D eigenvalue weighted by Gasteiger charge is -2.17. The Hall–Kier alpha value is -0.520. The number of amidine groups is 1. The Labute approximate surface area is 69.6 Å². The Morgan fingerprint density at radius 1 is 1.91 bits per heavy atom. The number of aliphatic imine (C=N–C) groups is 1. The first kappa shape index (κ1) is 8.58. The van der Waals surface area contributed by atoms with Gasteiger partial charge in [-0.3, -0.25) is 0 Å². The Bertz CT molecular complexity index is 202. The minimum atomic E-state index is -0.385. The third kappa shape index (κ3) is 1.95. The molecule has 1 atom stereocenters. The average Bonchev–Trinajstić information content (AvgIpc) is 2.04. The lowest BCUT2D eigenvalue weighted by molar-refractivity contribution is 0.321. The van der Waals surface area contributed by atoms with Crippen molar-refractivity contribution in [2.75, 3.05) is 12.9 Å². The van der Waals surface area contributed by atoms with Crippen LogP contribution in [0.25, 0.3) is 0 Å². The monoisotopic (exact) mass is 173 g/mol. The van der Waals surface area contributed by atoms with Crippen LogP contribution in [0.15, 0.2) is 16.8 Å². The van der Waals surface area contributed by atoms with Crippen molar-refractivity contribution in [3.63, 3.8) is 0 Å². The summed E-state index contributed by atoms with van der Waals surface area (Å²) in [5.74, 6) is 0. The molecule has 1 rings (SSSR count). The zero-order valence-corrected chi connectivity index (χ0v) is 7.06. The smallest absolute Gasteiger partial charge is 0.162 e. The molecule has 0 spiro atoms. The van der Waals surface area contributed by atoms with Crippen LogP contribution in [-0.4, -0.2) is 29.3 Å². The van der Waals surface area contributed by atoms with Crippen molar-refractivity contribution < 1.29 is 5.11 Å². The number of nitrogens with one attached hydrogen (secondary N) is 1. The van der Waals surface area contributed by atoms with E-state index >= 15 is 0 Å². The molecule has 5 heteroatoms. The summed E-state index contributed by atoms with van der Waals surface area (Å²) in [7, 11) is 0. The van der Waals surface area contributed by atoms with Crippen molar-refractivity contribution in [2.45, 2.75) is 6.17 Å². The molecule has 4 nitrogen and oxygen atoms in total. The van der Waals surface area contributed by atoms with Crippen molar-refractivity contribution in [3.8, 4) is 0 Å². The summed E-state index contributed by atoms with van der Waals surface area (Å²) in [6, 6.07) is 0. The minimum Gasteiger partial charge on any atom is -0.392 e. The summed E-state index contributed by atoms with van der Waals surface area (Å²) in [6.45, 7) is -0.0423. The molecule has 4 N–H and O–H groups in total. The normalized spacial score (nSPS) is 23.7. The van der Waals surface area contributed by atoms with Crippen LogP contribution in [0.2, 0.25) is 0 Å². The first-order valence-electron chi connectivity index (χ1n) is 3.21. The number of nitrogens with zero attached hydrogens (tertiary/aromatic N) is 1. The van der Waals surface area contributed by atoms with Crippen LogP contribution >= 0.6 is 11.8 Å². The van der Waals surface area contributed by atoms with E-state index in [2.05, 4.69) is 10.3 Å². The Morgan fingerprint density at radius 2 is 2.64 bits per heavy atom. The number of hydrogen-bond acceptors (Lipinski definition) is 5. The first-order valence-corrected chi connectivity index (χ1v) is 4.44. The fraction of sp³-hybridized carbons (Fsp3) is 0.500. The van der Waals surface area contributed by atoms with Gasteiger partial charge in [0.1, 0.15) is 6.17 Å². The molecule has 1 unspecified atom stereocenters. The molecule has 0 amide bonds. The van der Waals surface area contributed by atoms with Gasteiger partial charge in [-0.2, -0.15) is 0 Å². The summed E-state index contributed by atoms with van der Waals surface area (Å²) < 4.78 is 0. The van der Waals surface area contributed by atoms with Gasteiger partial charge in [0, 0.05) is 11.8 Å². The van der Waals surface area contributed by atoms with Gasteiger partial charge in [0.15, 0.2) is 5.17 Å². The van der Waals surface area contributed by atoms with Crippen LogP contribution in [0.3, 0.4) is 0 Å². The Balaban J connectivity index is 2.63. The highest BCUT2D eigenvalue weighted by atomic mass is 32.2. The van der Waals surface area contributed by atoms with Gasteiger partial charge in [0.2, 0.25) is 0 Å². The highest BCUT2D eigenvalue weighted by molar-refractivity contribution is 8.13. The van der Waals surface area contributed by atoms with Crippen LogP contribution in [0.1, 0.15) is 0 Å². The molecule has 0 aromatic carbocycles. The highest BCUT2D eigenvalue weighted by Crippen LogP contribution is 2.08. The van der Waals surface area contributed by atoms with E-state index in [1.165, 1.54) is 11.8 Å². The van der Waals surface area contributed by atoms with Gasteiger partial charge < -0.3 is 16.2 Å². The molecule has 0 fully saturated rings. The zero-order valence-electron chi connectivity index (χ0n) is 6.24. The molecule has 0 bridgehead atoms. The van der Waals surface area contributed by atoms with Crippen LogP contribution in [0.5, 0.6) is 0 Å². The number of aliphatic hydroxyl groups excluding tert-OH is 1. The van der Waals surface area contributed by atoms with Crippen LogP contribution < -0.4 is 11.1 Å². The molecule has 1 heterocycles. The van der Waals surface area contributed by atoms with E-state index in [4.69, 9.17) is 10.8 Å². The fourth-order valence-corrected chi connectivity index (χ4v) is 1.13. The second-order valence-electron chi connectivity index (χ2n) is 2.10. The fourth-order valence-electron chi connectivity index (χ4n) is 0.737. The number of thioether (sulfide) groups is 1. The third-order valence-corrected chi connectivity index (χ3v) is 2.00. The van der Waals surface area contributed by atoms with Crippen molar-refractivity contribution in [2.24, 2.45) is 10.7 Å². The summed E-state index contributed by atoms with van der Waals surface area (Å²) in [5.41, 5.74) is 6.30. The quantitative estimate of drug-likeness (QED) is 0.498. The Kier molecular flexibility index (Phi) is 2.92. The average molecular weight is 173 g/mol. The van der Waals surface area contributed by atoms with E-state index in [1.807, 2.05) is 6.26 Å². The Morgan fingerprint density at radius 3 is 3.09 bits per heavy atom. The van der Waals surface area contributed by atoms with E-state index < -0.39 is 0 Å². The van der Waals surface area contributed by atoms with E-state index in [1.54, 1.807) is 6.20 Å². The van der Waals surface area contributed by atoms with Crippen molar-refractivity contribution in [1.82, 2.24) is 5.32 Å². The van der Waals surface area contributed by atoms with Crippen LogP contribution in [-0.2, 0) is 0 Å². The van der Waals surface area contributed by atoms with Gasteiger partial charge in [-0.1, -0.05) is 11.8 Å². The molecule has 62 valence electrons. The molecular weight excluding hydrogens is 162 g/mol. The molecule has 1 aliphatic rings. The minimum absolute atomic E-state index is 0.0423. The van der Waals surface area contributed by atoms with Gasteiger partial charge >= 0.3 is 0 Å². The summed E-state index contributed by atoms with van der Waals surface area (Å²) in [6.07, 6.45) is 3.23. The second kappa shape index (κ2) is 3.75. The molecule has 0 saturated heterocycles. The SMILES string of the molecule is CSC1=NC(N)C(CO)=CN1. The topological polar surface area (TPSA) is 70.6 Å². The van der Waals surface area contributed by atoms with Gasteiger partial charge in [0.25, 0.3) is 0 Å². The number of rotatable bonds is 1. The van der Waals surface area contributed by atoms with Gasteiger partial charge in [-0.05, 0) is 6.26 Å². The van der Waals surface area contributed by atoms with Gasteiger partial charge in [-0.15, -0.1) is 0 Å². The number of hydrogen-bond donors (Lipinski definition) is 3. The maximum absolute atomic E-state index is 8.76. The molecule has 11 heavy (non-hydrogen) atoms. The molecule has 0 aromatic heterocycles. The third-order valence-electron chi connectivity index (χ3n) is 1.39. The number of nitrogens with two attached hydrogens (primary N) is 1. The predicted octanol–water partition coefficient (Wildman–Crippen LogP) is -0.530. The van der Waals surface area contributed by atoms with Gasteiger partial charge in [-0.25, -0.2) is 4.99 Å². The molecular formula is C6H11N3OS. The predicted molar refractivity (Wildman–Crippen MR) is 47.2 cm³/mol. The molecule has 0 saturated carbocycles. The lowest BCUT2D eigenvalue weighted by Crippen LogP contribution is -2.32. The largest absolute Gasteiger partial charge is 0.392 e. The van der Waals surface area contributed by atoms with Crippen LogP contribution in [0, 0.1) is 0 Å². The molecule has 0 aromatic rings. The summed E-state index contributed by atoms with van der Waals surface area (Å²) in [4.78, 5) is 4.07. The molecule has 0 aliphatic carbocycles. The van der Waals surface area contributed by atoms with Crippen molar-refractivity contribution in [1.29, 1.82) is 0 Å². The lowest BCUT2D eigenvalue weighted by atomic mass is 10.2. The second-order valence-corrected chi connectivity index (χ2v) is 2.90. The van der Waals surface area contributed by atoms with E-state index in [0.29, 0.717) is 5.57 Å². The number of aliphatic hydroxyl groups is 1. The molecule has 1 aliphatic heterocycles. The van der Waals surface area contributed by atoms with E-state index in [0.717, 1.165) is 5.17 Å². The zero-order chi connectivity index (χ0) is 8.27.